The number of hydrogen-bond acceptors (Lipinski definition) is 4. The molecule has 5 nitrogen and oxygen atoms in total. The molecule has 0 aliphatic rings. The second-order valence-electron chi connectivity index (χ2n) is 4.20. The van der Waals surface area contributed by atoms with Crippen molar-refractivity contribution in [3.05, 3.63) is 33.8 Å². The molecular weight excluding hydrogens is 285 g/mol. The van der Waals surface area contributed by atoms with Crippen molar-refractivity contribution in [2.45, 2.75) is 19.4 Å². The van der Waals surface area contributed by atoms with Crippen molar-refractivity contribution in [2.24, 2.45) is 16.7 Å². The largest absolute Gasteiger partial charge is 0.386 e. The van der Waals surface area contributed by atoms with Crippen LogP contribution in [0.5, 0.6) is 0 Å². The molecule has 1 unspecified atom stereocenters. The molecule has 0 radical (unpaired) electrons. The van der Waals surface area contributed by atoms with E-state index in [2.05, 4.69) is 10.4 Å². The minimum Gasteiger partial charge on any atom is -0.386 e. The van der Waals surface area contributed by atoms with E-state index in [1.165, 1.54) is 5.12 Å². The first kappa shape index (κ1) is 16.0. The van der Waals surface area contributed by atoms with Crippen LogP contribution in [0.1, 0.15) is 24.9 Å². The molecular formula is C12H19Cl2N5. The third-order valence-electron chi connectivity index (χ3n) is 2.59. The van der Waals surface area contributed by atoms with Gasteiger partial charge in [-0.2, -0.15) is 0 Å². The van der Waals surface area contributed by atoms with E-state index in [4.69, 9.17) is 34.8 Å². The van der Waals surface area contributed by atoms with E-state index in [1.54, 1.807) is 19.1 Å². The smallest absolute Gasteiger partial charge is 0.118 e. The maximum atomic E-state index is 6.03. The number of hydrazone groups is 1. The zero-order valence-electron chi connectivity index (χ0n) is 11.0. The van der Waals surface area contributed by atoms with Gasteiger partial charge >= 0.3 is 0 Å². The van der Waals surface area contributed by atoms with Gasteiger partial charge in [-0.05, 0) is 44.6 Å². The summed E-state index contributed by atoms with van der Waals surface area (Å²) in [5.41, 5.74) is 6.50. The highest BCUT2D eigenvalue weighted by Crippen LogP contribution is 2.29. The molecule has 5 N–H and O–H groups in total. The molecule has 1 rings (SSSR count). The monoisotopic (exact) mass is 303 g/mol. The van der Waals surface area contributed by atoms with E-state index in [1.807, 2.05) is 13.1 Å². The molecule has 0 bridgehead atoms. The predicted molar refractivity (Wildman–Crippen MR) is 81.1 cm³/mol. The Hall–Kier alpha value is -1.01. The molecule has 0 saturated heterocycles. The summed E-state index contributed by atoms with van der Waals surface area (Å²) in [6.45, 7) is 2.47. The van der Waals surface area contributed by atoms with Gasteiger partial charge in [0.25, 0.3) is 0 Å². The van der Waals surface area contributed by atoms with E-state index in [-0.39, 0.29) is 6.04 Å². The summed E-state index contributed by atoms with van der Waals surface area (Å²) >= 11 is 12.0. The highest BCUT2D eigenvalue weighted by Gasteiger charge is 2.17. The molecule has 19 heavy (non-hydrogen) atoms. The summed E-state index contributed by atoms with van der Waals surface area (Å²) in [6, 6.07) is 5.31. The SMILES string of the molecule is CNCCC(c1ccc(Cl)c(Cl)c1)N(N)/N=C(/C)N. The normalized spacial score (nSPS) is 13.4. The van der Waals surface area contributed by atoms with Crippen LogP contribution >= 0.6 is 23.2 Å². The maximum Gasteiger partial charge on any atom is 0.118 e. The van der Waals surface area contributed by atoms with E-state index >= 15 is 0 Å². The number of rotatable bonds is 6. The first-order chi connectivity index (χ1) is 8.95. The van der Waals surface area contributed by atoms with Crippen molar-refractivity contribution in [1.82, 2.24) is 10.4 Å². The zero-order chi connectivity index (χ0) is 14.4. The fourth-order valence-electron chi connectivity index (χ4n) is 1.70. The van der Waals surface area contributed by atoms with Crippen LogP contribution in [0, 0.1) is 0 Å². The number of nitrogens with one attached hydrogen (secondary N) is 1. The highest BCUT2D eigenvalue weighted by molar-refractivity contribution is 6.42. The van der Waals surface area contributed by atoms with Crippen LogP contribution in [0.3, 0.4) is 0 Å². The Morgan fingerprint density at radius 3 is 2.63 bits per heavy atom. The van der Waals surface area contributed by atoms with Crippen LogP contribution in [-0.2, 0) is 0 Å². The number of nitrogens with two attached hydrogens (primary N) is 2. The molecule has 1 aromatic carbocycles. The van der Waals surface area contributed by atoms with Crippen molar-refractivity contribution in [3.63, 3.8) is 0 Å². The summed E-state index contributed by atoms with van der Waals surface area (Å²) in [7, 11) is 1.88. The van der Waals surface area contributed by atoms with Crippen LogP contribution in [0.2, 0.25) is 10.0 Å². The summed E-state index contributed by atoms with van der Waals surface area (Å²) in [5.74, 6) is 6.34. The van der Waals surface area contributed by atoms with E-state index < -0.39 is 0 Å². The lowest BCUT2D eigenvalue weighted by Gasteiger charge is -2.25. The van der Waals surface area contributed by atoms with Crippen molar-refractivity contribution in [3.8, 4) is 0 Å². The number of hydrazine groups is 1. The van der Waals surface area contributed by atoms with Gasteiger partial charge < -0.3 is 11.1 Å². The molecule has 0 heterocycles. The molecule has 7 heteroatoms. The average molecular weight is 304 g/mol. The third kappa shape index (κ3) is 4.87. The molecule has 1 atom stereocenters. The molecule has 0 aromatic heterocycles. The standard InChI is InChI=1S/C12H19Cl2N5/c1-8(15)18-19(16)12(5-6-17-2)9-3-4-10(13)11(14)7-9/h3-4,7,12,17H,5-6,16H2,1-2H3,(H2,15,18). The number of nitrogens with zero attached hydrogens (tertiary/aromatic N) is 2. The van der Waals surface area contributed by atoms with Gasteiger partial charge in [0.2, 0.25) is 0 Å². The summed E-state index contributed by atoms with van der Waals surface area (Å²) in [5, 5.41) is 9.50. The molecule has 0 aliphatic carbocycles. The summed E-state index contributed by atoms with van der Waals surface area (Å²) in [4.78, 5) is 0. The quantitative estimate of drug-likeness (QED) is 0.325. The number of amidine groups is 1. The lowest BCUT2D eigenvalue weighted by atomic mass is 10.0. The van der Waals surface area contributed by atoms with Gasteiger partial charge in [0.1, 0.15) is 5.84 Å². The highest BCUT2D eigenvalue weighted by atomic mass is 35.5. The first-order valence-corrected chi connectivity index (χ1v) is 6.65. The Labute approximate surface area is 123 Å². The topological polar surface area (TPSA) is 79.7 Å². The minimum absolute atomic E-state index is 0.124. The fourth-order valence-corrected chi connectivity index (χ4v) is 2.01. The Morgan fingerprint density at radius 1 is 1.42 bits per heavy atom. The second kappa shape index (κ2) is 7.55. The predicted octanol–water partition coefficient (Wildman–Crippen LogP) is 2.11. The molecule has 0 fully saturated rings. The van der Waals surface area contributed by atoms with E-state index in [0.29, 0.717) is 15.9 Å². The van der Waals surface area contributed by atoms with Gasteiger partial charge in [0.05, 0.1) is 16.1 Å². The van der Waals surface area contributed by atoms with Gasteiger partial charge in [0, 0.05) is 0 Å². The average Bonchev–Trinajstić information content (AvgIpc) is 2.33. The third-order valence-corrected chi connectivity index (χ3v) is 3.33. The Balaban J connectivity index is 3.01. The number of benzene rings is 1. The first-order valence-electron chi connectivity index (χ1n) is 5.90. The van der Waals surface area contributed by atoms with Crippen LogP contribution < -0.4 is 16.9 Å². The number of halogens is 2. The maximum absolute atomic E-state index is 6.03. The van der Waals surface area contributed by atoms with Gasteiger partial charge in [-0.25, -0.2) is 11.0 Å². The molecule has 106 valence electrons. The lowest BCUT2D eigenvalue weighted by Crippen LogP contribution is -2.34. The Kier molecular flexibility index (Phi) is 6.37. The molecule has 0 aliphatic heterocycles. The van der Waals surface area contributed by atoms with Gasteiger partial charge in [0.15, 0.2) is 0 Å². The van der Waals surface area contributed by atoms with Crippen LogP contribution in [-0.4, -0.2) is 24.5 Å². The van der Waals surface area contributed by atoms with Crippen LogP contribution in [0.4, 0.5) is 0 Å². The van der Waals surface area contributed by atoms with Crippen molar-refractivity contribution in [1.29, 1.82) is 0 Å². The van der Waals surface area contributed by atoms with Crippen LogP contribution in [0.25, 0.3) is 0 Å². The summed E-state index contributed by atoms with van der Waals surface area (Å²) in [6.07, 6.45) is 0.766. The lowest BCUT2D eigenvalue weighted by molar-refractivity contribution is 0.200. The Morgan fingerprint density at radius 2 is 2.11 bits per heavy atom. The van der Waals surface area contributed by atoms with Gasteiger partial charge in [-0.15, -0.1) is 5.10 Å². The van der Waals surface area contributed by atoms with E-state index in [9.17, 15) is 0 Å². The van der Waals surface area contributed by atoms with Crippen molar-refractivity contribution < 1.29 is 0 Å². The summed E-state index contributed by atoms with van der Waals surface area (Å²) < 4.78 is 0. The molecule has 0 saturated carbocycles. The van der Waals surface area contributed by atoms with Crippen molar-refractivity contribution in [2.75, 3.05) is 13.6 Å². The number of hydrogen-bond donors (Lipinski definition) is 3. The Bertz CT molecular complexity index is 446. The minimum atomic E-state index is -0.124. The molecule has 1 aromatic rings. The molecule has 0 spiro atoms. The fraction of sp³-hybridized carbons (Fsp3) is 0.417. The van der Waals surface area contributed by atoms with Crippen LogP contribution in [0.15, 0.2) is 23.3 Å². The van der Waals surface area contributed by atoms with E-state index in [0.717, 1.165) is 18.5 Å². The van der Waals surface area contributed by atoms with Gasteiger partial charge in [-0.1, -0.05) is 29.3 Å². The zero-order valence-corrected chi connectivity index (χ0v) is 12.5. The van der Waals surface area contributed by atoms with Crippen molar-refractivity contribution >= 4 is 29.0 Å². The second-order valence-corrected chi connectivity index (χ2v) is 5.02. The van der Waals surface area contributed by atoms with Gasteiger partial charge in [-0.3, -0.25) is 0 Å². The molecule has 0 amide bonds.